The monoisotopic (exact) mass is 336 g/mol. The number of hydrogen-bond donors (Lipinski definition) is 3. The number of benzene rings is 1. The smallest absolute Gasteiger partial charge is 0.217 e. The summed E-state index contributed by atoms with van der Waals surface area (Å²) in [4.78, 5) is 14.0. The van der Waals surface area contributed by atoms with E-state index < -0.39 is 36.6 Å². The molecular formula is C15H20N4O5. The summed E-state index contributed by atoms with van der Waals surface area (Å²) in [5.74, 6) is -0.392. The molecule has 1 aromatic carbocycles. The van der Waals surface area contributed by atoms with Crippen molar-refractivity contribution in [1.29, 1.82) is 0 Å². The fourth-order valence-corrected chi connectivity index (χ4v) is 2.48. The zero-order valence-electron chi connectivity index (χ0n) is 13.1. The molecule has 9 nitrogen and oxygen atoms in total. The van der Waals surface area contributed by atoms with Crippen molar-refractivity contribution in [3.05, 3.63) is 46.3 Å². The highest BCUT2D eigenvalue weighted by Crippen LogP contribution is 2.23. The first kappa shape index (κ1) is 18.2. The highest BCUT2D eigenvalue weighted by Gasteiger charge is 2.45. The Morgan fingerprint density at radius 1 is 1.38 bits per heavy atom. The van der Waals surface area contributed by atoms with E-state index in [1.807, 2.05) is 30.3 Å². The molecular weight excluding hydrogens is 316 g/mol. The summed E-state index contributed by atoms with van der Waals surface area (Å²) in [7, 11) is 0. The number of carbonyl (C=O) groups is 1. The number of carbonyl (C=O) groups excluding carboxylic acids is 1. The molecule has 0 bridgehead atoms. The standard InChI is InChI=1S/C15H20N4O5/c1-9(20)18-12-14(22)13(21)11(7-17-19-16)24-15(12)23-8-10-5-3-2-4-6-10/h2-6,11-15,21-22H,7-8H2,1H3,(H,18,20)/t11-,12+,13+,14+,15-/m0/s1. The quantitative estimate of drug-likeness (QED) is 0.394. The lowest BCUT2D eigenvalue weighted by molar-refractivity contribution is -0.265. The van der Waals surface area contributed by atoms with Crippen LogP contribution in [0, 0.1) is 0 Å². The van der Waals surface area contributed by atoms with Crippen molar-refractivity contribution in [2.75, 3.05) is 6.54 Å². The predicted molar refractivity (Wildman–Crippen MR) is 83.5 cm³/mol. The number of nitrogens with one attached hydrogen (secondary N) is 1. The Morgan fingerprint density at radius 3 is 2.71 bits per heavy atom. The summed E-state index contributed by atoms with van der Waals surface area (Å²) >= 11 is 0. The molecule has 1 aliphatic rings. The van der Waals surface area contributed by atoms with Gasteiger partial charge in [0.25, 0.3) is 0 Å². The Morgan fingerprint density at radius 2 is 2.08 bits per heavy atom. The van der Waals surface area contributed by atoms with Crippen LogP contribution in [-0.4, -0.2) is 53.3 Å². The molecule has 0 radical (unpaired) electrons. The summed E-state index contributed by atoms with van der Waals surface area (Å²) in [6.45, 7) is 1.32. The van der Waals surface area contributed by atoms with Crippen LogP contribution in [0.15, 0.2) is 35.4 Å². The van der Waals surface area contributed by atoms with Crippen molar-refractivity contribution >= 4 is 5.91 Å². The van der Waals surface area contributed by atoms with Gasteiger partial charge in [-0.05, 0) is 11.1 Å². The van der Waals surface area contributed by atoms with Crippen molar-refractivity contribution in [2.24, 2.45) is 5.11 Å². The first-order valence-corrected chi connectivity index (χ1v) is 7.48. The van der Waals surface area contributed by atoms with Crippen LogP contribution in [-0.2, 0) is 20.9 Å². The lowest BCUT2D eigenvalue weighted by Crippen LogP contribution is -2.64. The van der Waals surface area contributed by atoms with E-state index in [9.17, 15) is 15.0 Å². The SMILES string of the molecule is CC(=O)N[C@H]1[C@@H](OCc2ccccc2)O[C@@H](CN=[N+]=[N-])[C@@H](O)[C@@H]1O. The van der Waals surface area contributed by atoms with E-state index >= 15 is 0 Å². The number of aliphatic hydroxyl groups excluding tert-OH is 2. The lowest BCUT2D eigenvalue weighted by Gasteiger charge is -2.42. The molecule has 0 unspecified atom stereocenters. The van der Waals surface area contributed by atoms with Crippen LogP contribution in [0.25, 0.3) is 10.4 Å². The lowest BCUT2D eigenvalue weighted by atomic mass is 9.96. The summed E-state index contributed by atoms with van der Waals surface area (Å²) in [6, 6.07) is 8.36. The predicted octanol–water partition coefficient (Wildman–Crippen LogP) is 0.465. The maximum absolute atomic E-state index is 11.4. The highest BCUT2D eigenvalue weighted by atomic mass is 16.7. The molecule has 1 fully saturated rings. The van der Waals surface area contributed by atoms with Gasteiger partial charge in [-0.1, -0.05) is 35.4 Å². The fourth-order valence-electron chi connectivity index (χ4n) is 2.48. The third-order valence-electron chi connectivity index (χ3n) is 3.65. The minimum Gasteiger partial charge on any atom is -0.388 e. The van der Waals surface area contributed by atoms with E-state index in [1.165, 1.54) is 6.92 Å². The van der Waals surface area contributed by atoms with Crippen molar-refractivity contribution in [3.8, 4) is 0 Å². The molecule has 24 heavy (non-hydrogen) atoms. The van der Waals surface area contributed by atoms with E-state index in [1.54, 1.807) is 0 Å². The van der Waals surface area contributed by atoms with Crippen LogP contribution in [0.4, 0.5) is 0 Å². The Balaban J connectivity index is 2.11. The molecule has 0 aliphatic carbocycles. The minimum atomic E-state index is -1.32. The van der Waals surface area contributed by atoms with Gasteiger partial charge in [0.15, 0.2) is 6.29 Å². The summed E-state index contributed by atoms with van der Waals surface area (Å²) in [5.41, 5.74) is 9.29. The molecule has 3 N–H and O–H groups in total. The van der Waals surface area contributed by atoms with Gasteiger partial charge in [0.05, 0.1) is 19.3 Å². The Labute approximate surface area is 138 Å². The molecule has 0 saturated carbocycles. The summed E-state index contributed by atoms with van der Waals surface area (Å²) in [5, 5.41) is 26.2. The van der Waals surface area contributed by atoms with Crippen LogP contribution in [0.5, 0.6) is 0 Å². The third kappa shape index (κ3) is 4.67. The van der Waals surface area contributed by atoms with Crippen LogP contribution in [0.3, 0.4) is 0 Å². The fraction of sp³-hybridized carbons (Fsp3) is 0.533. The average molecular weight is 336 g/mol. The van der Waals surface area contributed by atoms with Crippen LogP contribution >= 0.6 is 0 Å². The number of nitrogens with zero attached hydrogens (tertiary/aromatic N) is 3. The van der Waals surface area contributed by atoms with Gasteiger partial charge in [-0.3, -0.25) is 4.79 Å². The van der Waals surface area contributed by atoms with Gasteiger partial charge in [-0.2, -0.15) is 0 Å². The molecule has 1 aromatic rings. The molecule has 1 aliphatic heterocycles. The number of aliphatic hydroxyl groups is 2. The number of ether oxygens (including phenoxy) is 2. The largest absolute Gasteiger partial charge is 0.388 e. The van der Waals surface area contributed by atoms with Crippen LogP contribution < -0.4 is 5.32 Å². The van der Waals surface area contributed by atoms with Gasteiger partial charge >= 0.3 is 0 Å². The van der Waals surface area contributed by atoms with Gasteiger partial charge in [0.1, 0.15) is 18.2 Å². The average Bonchev–Trinajstić information content (AvgIpc) is 2.58. The van der Waals surface area contributed by atoms with Crippen molar-refractivity contribution in [1.82, 2.24) is 5.32 Å². The molecule has 1 amide bonds. The van der Waals surface area contributed by atoms with E-state index in [4.69, 9.17) is 15.0 Å². The van der Waals surface area contributed by atoms with Crippen LogP contribution in [0.1, 0.15) is 12.5 Å². The zero-order chi connectivity index (χ0) is 17.5. The van der Waals surface area contributed by atoms with Crippen molar-refractivity contribution < 1.29 is 24.5 Å². The molecule has 130 valence electrons. The van der Waals surface area contributed by atoms with E-state index in [0.717, 1.165) is 5.56 Å². The molecule has 0 spiro atoms. The second kappa shape index (κ2) is 8.62. The van der Waals surface area contributed by atoms with Gasteiger partial charge in [-0.15, -0.1) is 0 Å². The first-order valence-electron chi connectivity index (χ1n) is 7.48. The zero-order valence-corrected chi connectivity index (χ0v) is 13.1. The number of rotatable bonds is 6. The number of azide groups is 1. The van der Waals surface area contributed by atoms with Crippen molar-refractivity contribution in [3.63, 3.8) is 0 Å². The Bertz CT molecular complexity index is 593. The second-order valence-corrected chi connectivity index (χ2v) is 5.46. The van der Waals surface area contributed by atoms with E-state index in [0.29, 0.717) is 0 Å². The van der Waals surface area contributed by atoms with Gasteiger partial charge in [-0.25, -0.2) is 0 Å². The molecule has 1 heterocycles. The minimum absolute atomic E-state index is 0.160. The first-order chi connectivity index (χ1) is 11.5. The maximum Gasteiger partial charge on any atom is 0.217 e. The topological polar surface area (TPSA) is 137 Å². The Hall–Kier alpha value is -2.16. The number of hydrogen-bond acceptors (Lipinski definition) is 6. The third-order valence-corrected chi connectivity index (χ3v) is 3.65. The van der Waals surface area contributed by atoms with Gasteiger partial charge < -0.3 is 25.0 Å². The summed E-state index contributed by atoms with van der Waals surface area (Å²) < 4.78 is 11.3. The maximum atomic E-state index is 11.4. The molecule has 5 atom stereocenters. The van der Waals surface area contributed by atoms with Gasteiger partial charge in [0.2, 0.25) is 5.91 Å². The van der Waals surface area contributed by atoms with E-state index in [2.05, 4.69) is 15.3 Å². The molecule has 1 saturated heterocycles. The van der Waals surface area contributed by atoms with E-state index in [-0.39, 0.29) is 13.2 Å². The molecule has 0 aromatic heterocycles. The molecule has 2 rings (SSSR count). The van der Waals surface area contributed by atoms with Crippen LogP contribution in [0.2, 0.25) is 0 Å². The van der Waals surface area contributed by atoms with Gasteiger partial charge in [0, 0.05) is 11.8 Å². The summed E-state index contributed by atoms with van der Waals surface area (Å²) in [6.07, 6.45) is -4.56. The normalized spacial score (nSPS) is 29.5. The highest BCUT2D eigenvalue weighted by molar-refractivity contribution is 5.73. The molecule has 9 heteroatoms. The van der Waals surface area contributed by atoms with Crippen molar-refractivity contribution in [2.45, 2.75) is 44.2 Å². The second-order valence-electron chi connectivity index (χ2n) is 5.46. The number of amides is 1. The Kier molecular flexibility index (Phi) is 6.53.